The molecule has 0 amide bonds. The van der Waals surface area contributed by atoms with Crippen LogP contribution in [0.3, 0.4) is 0 Å². The number of hydrogen-bond donors (Lipinski definition) is 2. The fourth-order valence-corrected chi connectivity index (χ4v) is 1.26. The molecule has 0 bridgehead atoms. The lowest BCUT2D eigenvalue weighted by atomic mass is 10.2. The van der Waals surface area contributed by atoms with Crippen LogP contribution in [0.1, 0.15) is 5.69 Å². The second-order valence-corrected chi connectivity index (χ2v) is 3.19. The molecular formula is C9H6F3N3O. The summed E-state index contributed by atoms with van der Waals surface area (Å²) in [6.45, 7) is 0. The summed E-state index contributed by atoms with van der Waals surface area (Å²) >= 11 is 0. The van der Waals surface area contributed by atoms with Crippen LogP contribution in [0.5, 0.6) is 0 Å². The Morgan fingerprint density at radius 1 is 1.31 bits per heavy atom. The molecule has 0 saturated heterocycles. The van der Waals surface area contributed by atoms with E-state index in [1.165, 1.54) is 12.1 Å². The van der Waals surface area contributed by atoms with Crippen LogP contribution in [0, 0.1) is 0 Å². The highest BCUT2D eigenvalue weighted by molar-refractivity contribution is 5.77. The Kier molecular flexibility index (Phi) is 2.11. The Hall–Kier alpha value is -2.05. The fraction of sp³-hybridized carbons (Fsp3) is 0.111. The molecular weight excluding hydrogens is 223 g/mol. The van der Waals surface area contributed by atoms with Crippen molar-refractivity contribution in [2.45, 2.75) is 6.18 Å². The van der Waals surface area contributed by atoms with Crippen molar-refractivity contribution >= 4 is 16.7 Å². The quantitative estimate of drug-likeness (QED) is 0.719. The lowest BCUT2D eigenvalue weighted by Gasteiger charge is -2.06. The van der Waals surface area contributed by atoms with Crippen LogP contribution < -0.4 is 11.3 Å². The second-order valence-electron chi connectivity index (χ2n) is 3.19. The molecule has 0 aromatic carbocycles. The van der Waals surface area contributed by atoms with E-state index in [1.54, 1.807) is 0 Å². The number of hydrogen-bond acceptors (Lipinski definition) is 3. The van der Waals surface area contributed by atoms with E-state index in [4.69, 9.17) is 5.73 Å². The zero-order valence-electron chi connectivity index (χ0n) is 7.80. The van der Waals surface area contributed by atoms with Crippen molar-refractivity contribution in [1.29, 1.82) is 0 Å². The van der Waals surface area contributed by atoms with E-state index in [1.807, 2.05) is 0 Å². The van der Waals surface area contributed by atoms with Gasteiger partial charge in [0.05, 0.1) is 5.69 Å². The van der Waals surface area contributed by atoms with Gasteiger partial charge in [-0.25, -0.2) is 4.98 Å². The number of fused-ring (bicyclic) bond motifs is 1. The van der Waals surface area contributed by atoms with Crippen molar-refractivity contribution in [3.63, 3.8) is 0 Å². The van der Waals surface area contributed by atoms with Gasteiger partial charge in [-0.2, -0.15) is 13.2 Å². The highest BCUT2D eigenvalue weighted by Gasteiger charge is 2.32. The van der Waals surface area contributed by atoms with Gasteiger partial charge < -0.3 is 10.7 Å². The number of anilines is 1. The predicted molar refractivity (Wildman–Crippen MR) is 51.8 cm³/mol. The number of alkyl halides is 3. The normalized spacial score (nSPS) is 11.9. The third-order valence-corrected chi connectivity index (χ3v) is 2.02. The van der Waals surface area contributed by atoms with Gasteiger partial charge in [0.1, 0.15) is 11.3 Å². The molecule has 0 unspecified atom stereocenters. The topological polar surface area (TPSA) is 71.8 Å². The molecule has 0 aliphatic heterocycles. The number of pyridine rings is 2. The molecule has 0 aliphatic rings. The highest BCUT2D eigenvalue weighted by atomic mass is 19.4. The minimum Gasteiger partial charge on any atom is -0.394 e. The summed E-state index contributed by atoms with van der Waals surface area (Å²) < 4.78 is 36.9. The zero-order valence-corrected chi connectivity index (χ0v) is 7.80. The van der Waals surface area contributed by atoms with Gasteiger partial charge in [0, 0.05) is 5.39 Å². The molecule has 3 N–H and O–H groups in total. The van der Waals surface area contributed by atoms with Crippen LogP contribution in [0.4, 0.5) is 18.9 Å². The maximum atomic E-state index is 12.3. The van der Waals surface area contributed by atoms with Gasteiger partial charge in [0.25, 0.3) is 5.56 Å². The first-order chi connectivity index (χ1) is 7.38. The van der Waals surface area contributed by atoms with Gasteiger partial charge in [-0.05, 0) is 18.2 Å². The molecule has 2 rings (SSSR count). The maximum absolute atomic E-state index is 12.3. The number of rotatable bonds is 0. The second kappa shape index (κ2) is 3.22. The molecule has 0 radical (unpaired) electrons. The van der Waals surface area contributed by atoms with Gasteiger partial charge in [-0.3, -0.25) is 4.79 Å². The largest absolute Gasteiger partial charge is 0.433 e. The monoisotopic (exact) mass is 229 g/mol. The maximum Gasteiger partial charge on any atom is 0.433 e. The van der Waals surface area contributed by atoms with E-state index in [2.05, 4.69) is 9.97 Å². The van der Waals surface area contributed by atoms with Crippen molar-refractivity contribution in [1.82, 2.24) is 9.97 Å². The van der Waals surface area contributed by atoms with Crippen LogP contribution in [0.15, 0.2) is 23.0 Å². The average Bonchev–Trinajstić information content (AvgIpc) is 2.17. The molecule has 16 heavy (non-hydrogen) atoms. The van der Waals surface area contributed by atoms with Gasteiger partial charge in [0.15, 0.2) is 0 Å². The van der Waals surface area contributed by atoms with Crippen LogP contribution >= 0.6 is 0 Å². The van der Waals surface area contributed by atoms with Crippen molar-refractivity contribution in [3.05, 3.63) is 34.2 Å². The van der Waals surface area contributed by atoms with Gasteiger partial charge >= 0.3 is 6.18 Å². The lowest BCUT2D eigenvalue weighted by Crippen LogP contribution is -2.13. The average molecular weight is 229 g/mol. The van der Waals surface area contributed by atoms with Gasteiger partial charge in [-0.15, -0.1) is 0 Å². The molecule has 7 heteroatoms. The Morgan fingerprint density at radius 3 is 2.62 bits per heavy atom. The van der Waals surface area contributed by atoms with E-state index in [0.29, 0.717) is 5.39 Å². The van der Waals surface area contributed by atoms with Gasteiger partial charge in [-0.1, -0.05) is 0 Å². The van der Waals surface area contributed by atoms with Crippen LogP contribution in [-0.2, 0) is 6.18 Å². The minimum atomic E-state index is -4.54. The number of H-pyrrole nitrogens is 1. The first kappa shape index (κ1) is 10.5. The summed E-state index contributed by atoms with van der Waals surface area (Å²) in [6.07, 6.45) is -4.54. The minimum absolute atomic E-state index is 0.0611. The van der Waals surface area contributed by atoms with Crippen LogP contribution in [0.25, 0.3) is 11.0 Å². The van der Waals surface area contributed by atoms with Crippen molar-refractivity contribution in [2.24, 2.45) is 0 Å². The van der Waals surface area contributed by atoms with E-state index in [-0.39, 0.29) is 11.3 Å². The molecule has 2 heterocycles. The number of aromatic nitrogens is 2. The lowest BCUT2D eigenvalue weighted by molar-refractivity contribution is -0.141. The smallest absolute Gasteiger partial charge is 0.394 e. The third-order valence-electron chi connectivity index (χ3n) is 2.02. The number of halogens is 3. The fourth-order valence-electron chi connectivity index (χ4n) is 1.26. The SMILES string of the molecule is Nc1cc2ccc(C(F)(F)F)nc2[nH]c1=O. The van der Waals surface area contributed by atoms with Crippen molar-refractivity contribution < 1.29 is 13.2 Å². The zero-order chi connectivity index (χ0) is 11.9. The number of nitrogens with one attached hydrogen (secondary N) is 1. The summed E-state index contributed by atoms with van der Waals surface area (Å²) in [5.74, 6) is 0. The van der Waals surface area contributed by atoms with Crippen molar-refractivity contribution in [3.8, 4) is 0 Å². The van der Waals surface area contributed by atoms with Gasteiger partial charge in [0.2, 0.25) is 0 Å². The summed E-state index contributed by atoms with van der Waals surface area (Å²) in [4.78, 5) is 16.6. The molecule has 2 aromatic heterocycles. The Labute approximate surface area is 86.9 Å². The van der Waals surface area contributed by atoms with Crippen LogP contribution in [0.2, 0.25) is 0 Å². The Morgan fingerprint density at radius 2 is 2.00 bits per heavy atom. The molecule has 0 fully saturated rings. The van der Waals surface area contributed by atoms with E-state index in [9.17, 15) is 18.0 Å². The molecule has 4 nitrogen and oxygen atoms in total. The number of nitrogen functional groups attached to an aromatic ring is 1. The van der Waals surface area contributed by atoms with E-state index < -0.39 is 17.4 Å². The predicted octanol–water partition coefficient (Wildman–Crippen LogP) is 1.52. The first-order valence-electron chi connectivity index (χ1n) is 4.24. The molecule has 84 valence electrons. The summed E-state index contributed by atoms with van der Waals surface area (Å²) in [5, 5.41) is 0.352. The molecule has 0 saturated carbocycles. The third kappa shape index (κ3) is 1.71. The number of nitrogens with zero attached hydrogens (tertiary/aromatic N) is 1. The Bertz CT molecular complexity index is 603. The van der Waals surface area contributed by atoms with E-state index >= 15 is 0 Å². The van der Waals surface area contributed by atoms with Crippen LogP contribution in [-0.4, -0.2) is 9.97 Å². The molecule has 0 spiro atoms. The standard InChI is InChI=1S/C9H6F3N3O/c10-9(11,12)6-2-1-4-3-5(13)8(16)15-7(4)14-6/h1-3H,13H2,(H,14,15,16). The number of nitrogens with two attached hydrogens (primary N) is 1. The van der Waals surface area contributed by atoms with Crippen molar-refractivity contribution in [2.75, 3.05) is 5.73 Å². The Balaban J connectivity index is 2.72. The summed E-state index contributed by atoms with van der Waals surface area (Å²) in [5.41, 5.74) is 3.42. The molecule has 0 aliphatic carbocycles. The first-order valence-corrected chi connectivity index (χ1v) is 4.24. The van der Waals surface area contributed by atoms with E-state index in [0.717, 1.165) is 6.07 Å². The summed E-state index contributed by atoms with van der Waals surface area (Å²) in [7, 11) is 0. The number of aromatic amines is 1. The molecule has 0 atom stereocenters. The molecule has 2 aromatic rings. The highest BCUT2D eigenvalue weighted by Crippen LogP contribution is 2.28. The summed E-state index contributed by atoms with van der Waals surface area (Å²) in [6, 6.07) is 3.32.